The molecule has 0 fully saturated rings. The van der Waals surface area contributed by atoms with Gasteiger partial charge in [0, 0.05) is 72.4 Å². The lowest BCUT2D eigenvalue weighted by molar-refractivity contribution is 0.415. The van der Waals surface area contributed by atoms with Gasteiger partial charge in [0.2, 0.25) is 17.5 Å². The molecule has 0 saturated carbocycles. The van der Waals surface area contributed by atoms with Gasteiger partial charge in [-0.1, -0.05) is 153 Å². The van der Waals surface area contributed by atoms with Crippen molar-refractivity contribution in [3.05, 3.63) is 191 Å². The van der Waals surface area contributed by atoms with Crippen LogP contribution in [0.25, 0.3) is 34.2 Å². The van der Waals surface area contributed by atoms with E-state index in [9.17, 15) is 0 Å². The van der Waals surface area contributed by atoms with Gasteiger partial charge in [-0.2, -0.15) is 29.3 Å². The molecule has 22 nitrogen and oxygen atoms in total. The Hall–Kier alpha value is -11.0. The number of hydrogen-bond acceptors (Lipinski definition) is 19. The molecular weight excluding hydrogens is 1270 g/mol. The van der Waals surface area contributed by atoms with E-state index in [1.807, 2.05) is 147 Å². The first-order chi connectivity index (χ1) is 49.2. The molecule has 3 aliphatic heterocycles. The van der Waals surface area contributed by atoms with Crippen LogP contribution in [0, 0.1) is 38.5 Å². The molecule has 0 bridgehead atoms. The minimum Gasteiger partial charge on any atom is -0.497 e. The summed E-state index contributed by atoms with van der Waals surface area (Å²) in [6.45, 7) is 39.6. The Bertz CT molecular complexity index is 4770. The Morgan fingerprint density at radius 2 is 0.755 bits per heavy atom. The summed E-state index contributed by atoms with van der Waals surface area (Å²) in [6.07, 6.45) is 4.68. The summed E-state index contributed by atoms with van der Waals surface area (Å²) >= 11 is 0. The van der Waals surface area contributed by atoms with Crippen LogP contribution in [-0.2, 0) is 0 Å². The lowest BCUT2D eigenvalue weighted by Crippen LogP contribution is -2.27. The lowest BCUT2D eigenvalue weighted by atomic mass is 9.87. The van der Waals surface area contributed by atoms with Crippen LogP contribution in [0.5, 0.6) is 5.75 Å². The molecule has 102 heavy (non-hydrogen) atoms. The van der Waals surface area contributed by atoms with Gasteiger partial charge in [-0.3, -0.25) is 0 Å². The molecule has 6 aromatic heterocycles. The zero-order valence-corrected chi connectivity index (χ0v) is 62.2. The zero-order chi connectivity index (χ0) is 72.4. The van der Waals surface area contributed by atoms with Gasteiger partial charge in [-0.05, 0) is 135 Å². The minimum absolute atomic E-state index is 0.207. The SMILES string of the molecule is CCCCN(CCCC)c1ccc(N=C2C(C(C)(C)C)=Nn3c2nnc3-c2cccc(C)c2)c(C)n1.CCN(CC)c1ccc(N=C2C(C(C)(C)C)=Nn3c2nnc3-c2ccc(OC)cc2)c(C)n1.CCN(CC)c1ccc(N=C2C(c3ccccc3)=Nn3c2nnc3-c2ccccc2)c(C)n1. The summed E-state index contributed by atoms with van der Waals surface area (Å²) in [7, 11) is 1.65. The Morgan fingerprint density at radius 1 is 0.382 bits per heavy atom. The molecule has 0 aliphatic carbocycles. The predicted molar refractivity (Wildman–Crippen MR) is 415 cm³/mol. The maximum Gasteiger partial charge on any atom is 0.206 e. The topological polar surface area (TPSA) is 224 Å². The van der Waals surface area contributed by atoms with Crippen molar-refractivity contribution in [3.8, 4) is 39.9 Å². The molecule has 0 saturated heterocycles. The molecule has 0 N–H and O–H groups in total. The highest BCUT2D eigenvalue weighted by Gasteiger charge is 2.38. The van der Waals surface area contributed by atoms with Crippen LogP contribution in [0.3, 0.4) is 0 Å². The second kappa shape index (κ2) is 31.7. The molecule has 9 heterocycles. The van der Waals surface area contributed by atoms with Crippen LogP contribution in [0.15, 0.2) is 176 Å². The number of benzene rings is 4. The van der Waals surface area contributed by atoms with Gasteiger partial charge in [0.1, 0.15) is 46.0 Å². The number of fused-ring (bicyclic) bond motifs is 3. The van der Waals surface area contributed by atoms with Crippen LogP contribution >= 0.6 is 0 Å². The quantitative estimate of drug-likeness (QED) is 0.0653. The van der Waals surface area contributed by atoms with Gasteiger partial charge in [-0.25, -0.2) is 29.9 Å². The molecule has 0 amide bonds. The van der Waals surface area contributed by atoms with Gasteiger partial charge in [-0.15, -0.1) is 30.6 Å². The smallest absolute Gasteiger partial charge is 0.206 e. The average molecular weight is 1370 g/mol. The first kappa shape index (κ1) is 72.2. The van der Waals surface area contributed by atoms with E-state index in [2.05, 4.69) is 160 Å². The molecular formula is C80H95N21O. The zero-order valence-electron chi connectivity index (χ0n) is 62.2. The van der Waals surface area contributed by atoms with Crippen molar-refractivity contribution in [1.82, 2.24) is 59.6 Å². The number of ether oxygens (including phenoxy) is 1. The van der Waals surface area contributed by atoms with E-state index in [0.717, 1.165) is 153 Å². The number of aliphatic imine (C=N–C) groups is 3. The van der Waals surface area contributed by atoms with E-state index in [4.69, 9.17) is 50.0 Å². The number of anilines is 3. The van der Waals surface area contributed by atoms with E-state index in [-0.39, 0.29) is 10.8 Å². The van der Waals surface area contributed by atoms with Gasteiger partial charge in [0.05, 0.1) is 52.7 Å². The van der Waals surface area contributed by atoms with Crippen LogP contribution in [0.2, 0.25) is 0 Å². The number of methoxy groups -OCH3 is 1. The summed E-state index contributed by atoms with van der Waals surface area (Å²) in [4.78, 5) is 36.5. The summed E-state index contributed by atoms with van der Waals surface area (Å²) < 4.78 is 10.7. The summed E-state index contributed by atoms with van der Waals surface area (Å²) in [6, 6.07) is 48.2. The fraction of sp³-hybridized carbons (Fsp3) is 0.362. The second-order valence-electron chi connectivity index (χ2n) is 27.4. The van der Waals surface area contributed by atoms with Crippen LogP contribution in [-0.4, -0.2) is 140 Å². The van der Waals surface area contributed by atoms with Gasteiger partial charge < -0.3 is 19.4 Å². The van der Waals surface area contributed by atoms with Crippen LogP contribution < -0.4 is 19.4 Å². The Kier molecular flexibility index (Phi) is 22.4. The van der Waals surface area contributed by atoms with E-state index in [0.29, 0.717) is 34.8 Å². The van der Waals surface area contributed by atoms with Crippen molar-refractivity contribution >= 4 is 68.8 Å². The highest BCUT2D eigenvalue weighted by atomic mass is 16.5. The van der Waals surface area contributed by atoms with Gasteiger partial charge >= 0.3 is 0 Å². The Labute approximate surface area is 600 Å². The molecule has 526 valence electrons. The number of rotatable bonds is 21. The van der Waals surface area contributed by atoms with Crippen molar-refractivity contribution < 1.29 is 4.74 Å². The van der Waals surface area contributed by atoms with Crippen LogP contribution in [0.4, 0.5) is 34.5 Å². The normalized spacial score (nSPS) is 14.2. The Balaban J connectivity index is 0.000000154. The molecule has 0 atom stereocenters. The number of unbranched alkanes of at least 4 members (excludes halogenated alkanes) is 2. The van der Waals surface area contributed by atoms with Crippen molar-refractivity contribution in [3.63, 3.8) is 0 Å². The summed E-state index contributed by atoms with van der Waals surface area (Å²) in [5.74, 6) is 7.76. The number of aryl methyl sites for hydroxylation is 4. The fourth-order valence-corrected chi connectivity index (χ4v) is 12.1. The third-order valence-corrected chi connectivity index (χ3v) is 17.8. The number of pyridine rings is 3. The molecule has 0 radical (unpaired) electrons. The third-order valence-electron chi connectivity index (χ3n) is 17.8. The molecule has 0 unspecified atom stereocenters. The number of nitrogens with zero attached hydrogens (tertiary/aromatic N) is 21. The minimum atomic E-state index is -0.223. The first-order valence-electron chi connectivity index (χ1n) is 35.6. The van der Waals surface area contributed by atoms with Crippen molar-refractivity contribution in [2.24, 2.45) is 41.1 Å². The number of aromatic nitrogens is 12. The van der Waals surface area contributed by atoms with Crippen LogP contribution in [0.1, 0.15) is 154 Å². The van der Waals surface area contributed by atoms with Gasteiger partial charge in [0.25, 0.3) is 0 Å². The summed E-state index contributed by atoms with van der Waals surface area (Å²) in [5.41, 5.74) is 14.4. The lowest BCUT2D eigenvalue weighted by Gasteiger charge is -2.24. The predicted octanol–water partition coefficient (Wildman–Crippen LogP) is 16.5. The highest BCUT2D eigenvalue weighted by molar-refractivity contribution is 6.54. The maximum atomic E-state index is 5.27. The van der Waals surface area contributed by atoms with Crippen molar-refractivity contribution in [1.29, 1.82) is 0 Å². The molecule has 3 aliphatic rings. The van der Waals surface area contributed by atoms with Crippen molar-refractivity contribution in [2.75, 3.05) is 61.1 Å². The molecule has 0 spiro atoms. The standard InChI is InChI=1S/C29H39N7.C26H25N7.C25H31N7O/c1-8-10-17-35(18-11-9-2)24-16-15-23(21(4)30-24)31-25-26(29(5,6)7)34-36-27(32-33-28(25)36)22-14-12-13-20(3)19-22;1-4-32(5-2)22-17-16-21(18(3)27-22)28-24-23(19-12-8-6-9-13-19)31-33-25(29-30-26(24)33)20-14-10-7-11-15-20;1-8-31(9-2)20-15-14-19(16(3)26-20)27-21-22(25(4,5)6)30-32-23(28-29-24(21)32)17-10-12-18(33-7)13-11-17/h12-16,19H,8-11,17-18H2,1-7H3;6-17H,4-5H2,1-3H3;10-15H,8-9H2,1-7H3. The second-order valence-corrected chi connectivity index (χ2v) is 27.4. The van der Waals surface area contributed by atoms with E-state index in [1.54, 1.807) is 16.5 Å². The van der Waals surface area contributed by atoms with E-state index in [1.165, 1.54) is 31.2 Å². The highest BCUT2D eigenvalue weighted by Crippen LogP contribution is 2.35. The largest absolute Gasteiger partial charge is 0.497 e. The monoisotopic (exact) mass is 1370 g/mol. The van der Waals surface area contributed by atoms with E-state index >= 15 is 0 Å². The maximum absolute atomic E-state index is 5.27. The molecule has 10 aromatic rings. The number of hydrogen-bond donors (Lipinski definition) is 0. The molecule has 4 aromatic carbocycles. The molecule has 22 heteroatoms. The molecule has 13 rings (SSSR count). The van der Waals surface area contributed by atoms with Crippen molar-refractivity contribution in [2.45, 2.75) is 136 Å². The summed E-state index contributed by atoms with van der Waals surface area (Å²) in [5, 5.41) is 41.5. The first-order valence-corrected chi connectivity index (χ1v) is 35.6. The third kappa shape index (κ3) is 15.8. The fourth-order valence-electron chi connectivity index (χ4n) is 12.1. The van der Waals surface area contributed by atoms with E-state index < -0.39 is 0 Å². The van der Waals surface area contributed by atoms with Gasteiger partial charge in [0.15, 0.2) is 17.5 Å². The Morgan fingerprint density at radius 3 is 1.16 bits per heavy atom. The average Bonchev–Trinajstić information content (AvgIpc) is 1.61.